The molecule has 0 atom stereocenters. The fourth-order valence-electron chi connectivity index (χ4n) is 1.97. The molecule has 92 valence electrons. The second kappa shape index (κ2) is 4.46. The van der Waals surface area contributed by atoms with Crippen LogP contribution in [-0.2, 0) is 0 Å². The molecule has 1 aromatic heterocycles. The van der Waals surface area contributed by atoms with E-state index in [4.69, 9.17) is 9.68 Å². The minimum absolute atomic E-state index is 0.379. The van der Waals surface area contributed by atoms with Crippen LogP contribution in [0.5, 0.6) is 0 Å². The van der Waals surface area contributed by atoms with Crippen LogP contribution in [0.4, 0.5) is 5.69 Å². The molecule has 1 N–H and O–H groups in total. The zero-order chi connectivity index (χ0) is 13.2. The van der Waals surface area contributed by atoms with Crippen molar-refractivity contribution in [3.8, 4) is 6.07 Å². The normalized spacial score (nSPS) is 11.7. The standard InChI is InChI=1S/C15H11N3O/c1-10(9-16)17-18-11-6-7-13-12-4-2-3-5-14(12)19-15(13)8-11/h2-8,18H,1H3/b17-10-. The van der Waals surface area contributed by atoms with Crippen LogP contribution in [0.2, 0.25) is 0 Å². The van der Waals surface area contributed by atoms with Gasteiger partial charge in [-0.05, 0) is 25.1 Å². The van der Waals surface area contributed by atoms with Crippen LogP contribution in [0.25, 0.3) is 21.9 Å². The van der Waals surface area contributed by atoms with Gasteiger partial charge in [0.1, 0.15) is 22.9 Å². The van der Waals surface area contributed by atoms with Gasteiger partial charge in [0.25, 0.3) is 0 Å². The summed E-state index contributed by atoms with van der Waals surface area (Å²) in [7, 11) is 0. The van der Waals surface area contributed by atoms with E-state index in [2.05, 4.69) is 10.5 Å². The molecule has 3 aromatic rings. The highest BCUT2D eigenvalue weighted by molar-refractivity contribution is 6.05. The molecule has 4 heteroatoms. The summed E-state index contributed by atoms with van der Waals surface area (Å²) in [6, 6.07) is 15.7. The zero-order valence-electron chi connectivity index (χ0n) is 10.3. The third-order valence-corrected chi connectivity index (χ3v) is 2.89. The summed E-state index contributed by atoms with van der Waals surface area (Å²) in [5.74, 6) is 0. The van der Waals surface area contributed by atoms with Crippen LogP contribution in [0.1, 0.15) is 6.92 Å². The van der Waals surface area contributed by atoms with Crippen LogP contribution < -0.4 is 5.43 Å². The molecule has 0 saturated heterocycles. The molecule has 1 heterocycles. The molecule has 4 nitrogen and oxygen atoms in total. The van der Waals surface area contributed by atoms with E-state index < -0.39 is 0 Å². The third-order valence-electron chi connectivity index (χ3n) is 2.89. The van der Waals surface area contributed by atoms with E-state index >= 15 is 0 Å². The first-order valence-corrected chi connectivity index (χ1v) is 5.89. The summed E-state index contributed by atoms with van der Waals surface area (Å²) in [6.07, 6.45) is 0. The third kappa shape index (κ3) is 2.02. The van der Waals surface area contributed by atoms with E-state index in [-0.39, 0.29) is 0 Å². The van der Waals surface area contributed by atoms with Gasteiger partial charge in [0.05, 0.1) is 5.69 Å². The predicted octanol–water partition coefficient (Wildman–Crippen LogP) is 3.90. The molecule has 0 saturated carbocycles. The maximum absolute atomic E-state index is 8.64. The molecule has 0 amide bonds. The van der Waals surface area contributed by atoms with Crippen LogP contribution >= 0.6 is 0 Å². The molecular weight excluding hydrogens is 238 g/mol. The Hall–Kier alpha value is -2.80. The Balaban J connectivity index is 2.07. The summed E-state index contributed by atoms with van der Waals surface area (Å²) in [5.41, 5.74) is 5.68. The Morgan fingerprint density at radius 3 is 2.79 bits per heavy atom. The predicted molar refractivity (Wildman–Crippen MR) is 76.1 cm³/mol. The number of furan rings is 1. The van der Waals surface area contributed by atoms with Crippen LogP contribution in [0.3, 0.4) is 0 Å². The molecule has 19 heavy (non-hydrogen) atoms. The molecule has 3 rings (SSSR count). The number of hydrogen-bond donors (Lipinski definition) is 1. The number of nitrogens with one attached hydrogen (secondary N) is 1. The molecule has 2 aromatic carbocycles. The summed E-state index contributed by atoms with van der Waals surface area (Å²) >= 11 is 0. The average molecular weight is 249 g/mol. The molecule has 0 radical (unpaired) electrons. The highest BCUT2D eigenvalue weighted by Crippen LogP contribution is 2.30. The van der Waals surface area contributed by atoms with Gasteiger partial charge in [-0.3, -0.25) is 5.43 Å². The number of para-hydroxylation sites is 1. The number of hydrazone groups is 1. The zero-order valence-corrected chi connectivity index (χ0v) is 10.3. The van der Waals surface area contributed by atoms with Crippen LogP contribution in [-0.4, -0.2) is 5.71 Å². The number of rotatable bonds is 2. The maximum Gasteiger partial charge on any atom is 0.137 e. The van der Waals surface area contributed by atoms with Gasteiger partial charge < -0.3 is 4.42 Å². The largest absolute Gasteiger partial charge is 0.456 e. The lowest BCUT2D eigenvalue weighted by molar-refractivity contribution is 0.669. The van der Waals surface area contributed by atoms with Crippen molar-refractivity contribution in [3.05, 3.63) is 42.5 Å². The number of nitrogens with zero attached hydrogens (tertiary/aromatic N) is 2. The van der Waals surface area contributed by atoms with E-state index in [1.165, 1.54) is 0 Å². The summed E-state index contributed by atoms with van der Waals surface area (Å²) < 4.78 is 5.77. The van der Waals surface area contributed by atoms with Gasteiger partial charge in [-0.2, -0.15) is 10.4 Å². The molecule has 0 aliphatic carbocycles. The monoisotopic (exact) mass is 249 g/mol. The second-order valence-electron chi connectivity index (χ2n) is 4.23. The fourth-order valence-corrected chi connectivity index (χ4v) is 1.97. The van der Waals surface area contributed by atoms with Gasteiger partial charge in [-0.1, -0.05) is 18.2 Å². The highest BCUT2D eigenvalue weighted by atomic mass is 16.3. The van der Waals surface area contributed by atoms with E-state index in [0.717, 1.165) is 27.6 Å². The molecular formula is C15H11N3O. The molecule has 0 aliphatic heterocycles. The lowest BCUT2D eigenvalue weighted by Gasteiger charge is -1.99. The van der Waals surface area contributed by atoms with E-state index in [0.29, 0.717) is 5.71 Å². The van der Waals surface area contributed by atoms with Gasteiger partial charge in [-0.25, -0.2) is 0 Å². The molecule has 0 unspecified atom stereocenters. The van der Waals surface area contributed by atoms with Gasteiger partial charge in [-0.15, -0.1) is 0 Å². The van der Waals surface area contributed by atoms with E-state index in [9.17, 15) is 0 Å². The molecule has 0 aliphatic rings. The Bertz CT molecular complexity index is 824. The number of nitriles is 1. The molecule has 0 fully saturated rings. The van der Waals surface area contributed by atoms with Gasteiger partial charge in [0, 0.05) is 16.8 Å². The quantitative estimate of drug-likeness (QED) is 0.553. The minimum Gasteiger partial charge on any atom is -0.456 e. The van der Waals surface area contributed by atoms with Crippen LogP contribution in [0.15, 0.2) is 52.0 Å². The molecule has 0 bridgehead atoms. The first-order valence-electron chi connectivity index (χ1n) is 5.89. The Labute approximate surface area is 109 Å². The van der Waals surface area contributed by atoms with Gasteiger partial charge in [0.15, 0.2) is 0 Å². The van der Waals surface area contributed by atoms with Crippen molar-refractivity contribution in [3.63, 3.8) is 0 Å². The first-order chi connectivity index (χ1) is 9.28. The molecule has 0 spiro atoms. The van der Waals surface area contributed by atoms with Crippen molar-refractivity contribution in [2.24, 2.45) is 5.10 Å². The van der Waals surface area contributed by atoms with Crippen LogP contribution in [0, 0.1) is 11.3 Å². The smallest absolute Gasteiger partial charge is 0.137 e. The SMILES string of the molecule is C/C(C#N)=N/Nc1ccc2c(c1)oc1ccccc12. The Morgan fingerprint density at radius 2 is 1.95 bits per heavy atom. The minimum atomic E-state index is 0.379. The topological polar surface area (TPSA) is 61.3 Å². The van der Waals surface area contributed by atoms with Crippen molar-refractivity contribution in [2.45, 2.75) is 6.92 Å². The number of benzene rings is 2. The van der Waals surface area contributed by atoms with E-state index in [1.807, 2.05) is 48.5 Å². The summed E-state index contributed by atoms with van der Waals surface area (Å²) in [6.45, 7) is 1.65. The van der Waals surface area contributed by atoms with Gasteiger partial charge >= 0.3 is 0 Å². The number of fused-ring (bicyclic) bond motifs is 3. The Kier molecular flexibility index (Phi) is 2.66. The summed E-state index contributed by atoms with van der Waals surface area (Å²) in [5, 5.41) is 14.7. The van der Waals surface area contributed by atoms with Crippen molar-refractivity contribution < 1.29 is 4.42 Å². The van der Waals surface area contributed by atoms with E-state index in [1.54, 1.807) is 6.92 Å². The lowest BCUT2D eigenvalue weighted by Crippen LogP contribution is -1.93. The maximum atomic E-state index is 8.64. The average Bonchev–Trinajstić information content (AvgIpc) is 2.82. The van der Waals surface area contributed by atoms with Crippen molar-refractivity contribution in [1.29, 1.82) is 5.26 Å². The van der Waals surface area contributed by atoms with Crippen molar-refractivity contribution in [2.75, 3.05) is 5.43 Å². The van der Waals surface area contributed by atoms with Crippen molar-refractivity contribution >= 4 is 33.3 Å². The first kappa shape index (κ1) is 11.3. The lowest BCUT2D eigenvalue weighted by atomic mass is 10.1. The van der Waals surface area contributed by atoms with Crippen molar-refractivity contribution in [1.82, 2.24) is 0 Å². The highest BCUT2D eigenvalue weighted by Gasteiger charge is 2.06. The number of anilines is 1. The fraction of sp³-hybridized carbons (Fsp3) is 0.0667. The Morgan fingerprint density at radius 1 is 1.16 bits per heavy atom. The van der Waals surface area contributed by atoms with Gasteiger partial charge in [0.2, 0.25) is 0 Å². The number of hydrogen-bond acceptors (Lipinski definition) is 4. The second-order valence-corrected chi connectivity index (χ2v) is 4.23. The summed E-state index contributed by atoms with van der Waals surface area (Å²) in [4.78, 5) is 0.